The summed E-state index contributed by atoms with van der Waals surface area (Å²) in [4.78, 5) is 22.9. The predicted octanol–water partition coefficient (Wildman–Crippen LogP) is 3.15. The first kappa shape index (κ1) is 15.1. The summed E-state index contributed by atoms with van der Waals surface area (Å²) < 4.78 is 10.4. The van der Waals surface area contributed by atoms with Crippen molar-refractivity contribution < 1.29 is 19.1 Å². The Labute approximate surface area is 120 Å². The molecule has 2 aliphatic carbocycles. The average molecular weight is 280 g/mol. The molecule has 0 aromatic heterocycles. The highest BCUT2D eigenvalue weighted by Gasteiger charge is 2.25. The fourth-order valence-corrected chi connectivity index (χ4v) is 2.68. The summed E-state index contributed by atoms with van der Waals surface area (Å²) >= 11 is 0. The highest BCUT2D eigenvalue weighted by Crippen LogP contribution is 2.29. The van der Waals surface area contributed by atoms with Crippen molar-refractivity contribution in [2.75, 3.05) is 0 Å². The van der Waals surface area contributed by atoms with Gasteiger partial charge in [0.05, 0.1) is 0 Å². The summed E-state index contributed by atoms with van der Waals surface area (Å²) in [6.45, 7) is 2.21. The molecule has 4 heteroatoms. The lowest BCUT2D eigenvalue weighted by Crippen LogP contribution is -2.23. The second-order valence-electron chi connectivity index (χ2n) is 5.84. The summed E-state index contributed by atoms with van der Waals surface area (Å²) in [5, 5.41) is 0. The standard InChI is InChI=1S/C16H24O4/c1-2-3-12-4-6-13(7-5-12)19-15(17)10-11-16(18)20-14-8-9-14/h10-14H,2-9H2,1H3/b11-10+. The Kier molecular flexibility index (Phi) is 5.62. The van der Waals surface area contributed by atoms with Gasteiger partial charge in [-0.15, -0.1) is 0 Å². The number of hydrogen-bond acceptors (Lipinski definition) is 4. The summed E-state index contributed by atoms with van der Waals surface area (Å²) in [7, 11) is 0. The molecule has 2 rings (SSSR count). The van der Waals surface area contributed by atoms with Crippen molar-refractivity contribution in [1.29, 1.82) is 0 Å². The largest absolute Gasteiger partial charge is 0.459 e. The monoisotopic (exact) mass is 280 g/mol. The number of carbonyl (C=O) groups is 2. The third-order valence-electron chi connectivity index (χ3n) is 3.94. The fraction of sp³-hybridized carbons (Fsp3) is 0.750. The summed E-state index contributed by atoms with van der Waals surface area (Å²) in [5.74, 6) is -0.0909. The number of rotatable bonds is 6. The number of hydrogen-bond donors (Lipinski definition) is 0. The van der Waals surface area contributed by atoms with Gasteiger partial charge in [-0.1, -0.05) is 19.8 Å². The van der Waals surface area contributed by atoms with Gasteiger partial charge in [0.25, 0.3) is 0 Å². The van der Waals surface area contributed by atoms with Crippen LogP contribution in [0.1, 0.15) is 58.3 Å². The molecule has 0 aliphatic heterocycles. The molecule has 0 bridgehead atoms. The van der Waals surface area contributed by atoms with Crippen LogP contribution in [-0.2, 0) is 19.1 Å². The summed E-state index contributed by atoms with van der Waals surface area (Å²) in [6, 6.07) is 0. The molecule has 4 nitrogen and oxygen atoms in total. The minimum Gasteiger partial charge on any atom is -0.459 e. The smallest absolute Gasteiger partial charge is 0.331 e. The van der Waals surface area contributed by atoms with E-state index >= 15 is 0 Å². The van der Waals surface area contributed by atoms with Crippen LogP contribution >= 0.6 is 0 Å². The van der Waals surface area contributed by atoms with Crippen LogP contribution in [0.4, 0.5) is 0 Å². The van der Waals surface area contributed by atoms with Crippen LogP contribution in [0, 0.1) is 5.92 Å². The predicted molar refractivity (Wildman–Crippen MR) is 75.0 cm³/mol. The van der Waals surface area contributed by atoms with E-state index in [0.717, 1.165) is 44.4 Å². The molecule has 0 aromatic rings. The van der Waals surface area contributed by atoms with E-state index in [4.69, 9.17) is 9.47 Å². The first-order valence-electron chi connectivity index (χ1n) is 7.76. The molecule has 0 unspecified atom stereocenters. The van der Waals surface area contributed by atoms with Crippen molar-refractivity contribution in [1.82, 2.24) is 0 Å². The maximum atomic E-state index is 11.6. The SMILES string of the molecule is CCCC1CCC(OC(=O)/C=C/C(=O)OC2CC2)CC1. The van der Waals surface area contributed by atoms with Crippen LogP contribution in [0.3, 0.4) is 0 Å². The Bertz CT molecular complexity index is 363. The average Bonchev–Trinajstić information content (AvgIpc) is 3.23. The molecule has 0 radical (unpaired) electrons. The van der Waals surface area contributed by atoms with E-state index in [0.29, 0.717) is 0 Å². The normalized spacial score (nSPS) is 26.4. The van der Waals surface area contributed by atoms with Gasteiger partial charge in [-0.25, -0.2) is 9.59 Å². The van der Waals surface area contributed by atoms with Gasteiger partial charge in [-0.2, -0.15) is 0 Å². The van der Waals surface area contributed by atoms with Crippen LogP contribution in [0.5, 0.6) is 0 Å². The first-order valence-corrected chi connectivity index (χ1v) is 7.76. The number of esters is 2. The minimum absolute atomic E-state index is 0.0136. The van der Waals surface area contributed by atoms with E-state index in [-0.39, 0.29) is 12.2 Å². The van der Waals surface area contributed by atoms with Crippen LogP contribution in [-0.4, -0.2) is 24.1 Å². The van der Waals surface area contributed by atoms with Crippen molar-refractivity contribution in [2.45, 2.75) is 70.5 Å². The maximum Gasteiger partial charge on any atom is 0.331 e. The molecule has 0 amide bonds. The molecule has 0 atom stereocenters. The Hall–Kier alpha value is -1.32. The van der Waals surface area contributed by atoms with E-state index in [1.807, 2.05) is 0 Å². The van der Waals surface area contributed by atoms with Gasteiger partial charge in [0.2, 0.25) is 0 Å². The van der Waals surface area contributed by atoms with Gasteiger partial charge in [0.15, 0.2) is 0 Å². The molecule has 2 aliphatic rings. The van der Waals surface area contributed by atoms with Crippen molar-refractivity contribution >= 4 is 11.9 Å². The second kappa shape index (κ2) is 7.46. The van der Waals surface area contributed by atoms with E-state index < -0.39 is 11.9 Å². The molecule has 0 heterocycles. The third-order valence-corrected chi connectivity index (χ3v) is 3.94. The van der Waals surface area contributed by atoms with Crippen molar-refractivity contribution in [3.05, 3.63) is 12.2 Å². The van der Waals surface area contributed by atoms with Gasteiger partial charge in [0.1, 0.15) is 12.2 Å². The van der Waals surface area contributed by atoms with Gasteiger partial charge in [-0.05, 0) is 44.4 Å². The molecule has 0 spiro atoms. The van der Waals surface area contributed by atoms with Crippen LogP contribution in [0.2, 0.25) is 0 Å². The lowest BCUT2D eigenvalue weighted by atomic mass is 9.85. The minimum atomic E-state index is -0.448. The number of ether oxygens (including phenoxy) is 2. The van der Waals surface area contributed by atoms with Gasteiger partial charge in [0, 0.05) is 12.2 Å². The van der Waals surface area contributed by atoms with Gasteiger partial charge < -0.3 is 9.47 Å². The molecule has 0 aromatic carbocycles. The highest BCUT2D eigenvalue weighted by molar-refractivity contribution is 5.91. The molecule has 2 saturated carbocycles. The van der Waals surface area contributed by atoms with Gasteiger partial charge >= 0.3 is 11.9 Å². The number of carbonyl (C=O) groups excluding carboxylic acids is 2. The van der Waals surface area contributed by atoms with Crippen molar-refractivity contribution in [3.8, 4) is 0 Å². The van der Waals surface area contributed by atoms with Crippen LogP contribution in [0.25, 0.3) is 0 Å². The fourth-order valence-electron chi connectivity index (χ4n) is 2.68. The lowest BCUT2D eigenvalue weighted by Gasteiger charge is -2.27. The van der Waals surface area contributed by atoms with E-state index in [1.165, 1.54) is 25.0 Å². The summed E-state index contributed by atoms with van der Waals surface area (Å²) in [5.41, 5.74) is 0. The second-order valence-corrected chi connectivity index (χ2v) is 5.84. The van der Waals surface area contributed by atoms with Gasteiger partial charge in [-0.3, -0.25) is 0 Å². The van der Waals surface area contributed by atoms with Crippen molar-refractivity contribution in [2.24, 2.45) is 5.92 Å². The molecular weight excluding hydrogens is 256 g/mol. The quantitative estimate of drug-likeness (QED) is 0.554. The van der Waals surface area contributed by atoms with E-state index in [2.05, 4.69) is 6.92 Å². The maximum absolute atomic E-state index is 11.6. The first-order chi connectivity index (χ1) is 9.67. The van der Waals surface area contributed by atoms with Crippen LogP contribution in [0.15, 0.2) is 12.2 Å². The Morgan fingerprint density at radius 1 is 0.900 bits per heavy atom. The Balaban J connectivity index is 1.64. The van der Waals surface area contributed by atoms with Crippen molar-refractivity contribution in [3.63, 3.8) is 0 Å². The topological polar surface area (TPSA) is 52.6 Å². The zero-order chi connectivity index (χ0) is 14.4. The van der Waals surface area contributed by atoms with E-state index in [9.17, 15) is 9.59 Å². The Morgan fingerprint density at radius 2 is 1.35 bits per heavy atom. The molecular formula is C16H24O4. The zero-order valence-corrected chi connectivity index (χ0v) is 12.2. The molecule has 0 saturated heterocycles. The van der Waals surface area contributed by atoms with E-state index in [1.54, 1.807) is 0 Å². The summed E-state index contributed by atoms with van der Waals surface area (Å²) in [6.07, 6.45) is 11.0. The Morgan fingerprint density at radius 3 is 1.75 bits per heavy atom. The van der Waals surface area contributed by atoms with Crippen LogP contribution < -0.4 is 0 Å². The molecule has 20 heavy (non-hydrogen) atoms. The molecule has 112 valence electrons. The third kappa shape index (κ3) is 5.35. The highest BCUT2D eigenvalue weighted by atomic mass is 16.6. The lowest BCUT2D eigenvalue weighted by molar-refractivity contribution is -0.146. The molecule has 2 fully saturated rings. The zero-order valence-electron chi connectivity index (χ0n) is 12.2. The molecule has 0 N–H and O–H groups in total.